The van der Waals surface area contributed by atoms with Crippen LogP contribution < -0.4 is 15.6 Å². The monoisotopic (exact) mass is 417 g/mol. The summed E-state index contributed by atoms with van der Waals surface area (Å²) in [6.07, 6.45) is 0. The smallest absolute Gasteiger partial charge is 0.263 e. The second kappa shape index (κ2) is 9.25. The van der Waals surface area contributed by atoms with Crippen LogP contribution in [0.25, 0.3) is 10.2 Å². The summed E-state index contributed by atoms with van der Waals surface area (Å²) in [4.78, 5) is 31.4. The minimum Gasteiger partial charge on any atom is -0.492 e. The number of nitrogens with zero attached hydrogens (tertiary/aromatic N) is 2. The summed E-state index contributed by atoms with van der Waals surface area (Å²) >= 11 is 2.80. The van der Waals surface area contributed by atoms with E-state index >= 15 is 0 Å². The van der Waals surface area contributed by atoms with Crippen molar-refractivity contribution in [1.82, 2.24) is 14.9 Å². The Morgan fingerprint density at radius 2 is 2.04 bits per heavy atom. The zero-order valence-electron chi connectivity index (χ0n) is 16.2. The van der Waals surface area contributed by atoms with Gasteiger partial charge in [0.2, 0.25) is 5.91 Å². The average Bonchev–Trinajstić information content (AvgIpc) is 2.98. The van der Waals surface area contributed by atoms with E-state index in [0.717, 1.165) is 21.0 Å². The summed E-state index contributed by atoms with van der Waals surface area (Å²) in [6, 6.07) is 9.47. The van der Waals surface area contributed by atoms with Gasteiger partial charge < -0.3 is 10.1 Å². The largest absolute Gasteiger partial charge is 0.492 e. The van der Waals surface area contributed by atoms with Crippen LogP contribution in [0, 0.1) is 13.8 Å². The number of amides is 1. The van der Waals surface area contributed by atoms with E-state index in [4.69, 9.17) is 4.74 Å². The van der Waals surface area contributed by atoms with Crippen LogP contribution >= 0.6 is 23.1 Å². The molecule has 1 aromatic carbocycles. The van der Waals surface area contributed by atoms with Gasteiger partial charge in [-0.3, -0.25) is 14.2 Å². The molecule has 6 nitrogen and oxygen atoms in total. The number of aromatic nitrogens is 2. The Kier molecular flexibility index (Phi) is 6.74. The molecule has 0 radical (unpaired) electrons. The van der Waals surface area contributed by atoms with E-state index in [2.05, 4.69) is 10.3 Å². The molecule has 1 N–H and O–H groups in total. The van der Waals surface area contributed by atoms with Crippen molar-refractivity contribution in [2.75, 3.05) is 18.9 Å². The van der Waals surface area contributed by atoms with Crippen LogP contribution in [-0.4, -0.2) is 34.4 Å². The highest BCUT2D eigenvalue weighted by Gasteiger charge is 2.16. The molecule has 0 saturated carbocycles. The standard InChI is InChI=1S/C20H23N3O3S2/c1-4-23-19(25)17-13(2)14(3)28-18(17)22-20(23)27-12-16(24)21-10-11-26-15-8-6-5-7-9-15/h5-9H,4,10-12H2,1-3H3,(H,21,24). The molecule has 148 valence electrons. The van der Waals surface area contributed by atoms with Crippen molar-refractivity contribution in [2.24, 2.45) is 0 Å². The quantitative estimate of drug-likeness (QED) is 0.346. The first-order valence-electron chi connectivity index (χ1n) is 9.09. The van der Waals surface area contributed by atoms with Gasteiger partial charge in [-0.2, -0.15) is 0 Å². The van der Waals surface area contributed by atoms with E-state index in [-0.39, 0.29) is 17.2 Å². The first-order valence-corrected chi connectivity index (χ1v) is 10.9. The number of benzene rings is 1. The first-order chi connectivity index (χ1) is 13.5. The van der Waals surface area contributed by atoms with Gasteiger partial charge in [-0.25, -0.2) is 4.98 Å². The zero-order chi connectivity index (χ0) is 20.1. The second-order valence-corrected chi connectivity index (χ2v) is 8.35. The molecule has 0 atom stereocenters. The van der Waals surface area contributed by atoms with Crippen LogP contribution in [0.15, 0.2) is 40.3 Å². The maximum atomic E-state index is 12.8. The zero-order valence-corrected chi connectivity index (χ0v) is 17.8. The van der Waals surface area contributed by atoms with Crippen molar-refractivity contribution >= 4 is 39.2 Å². The molecule has 0 aliphatic rings. The molecule has 28 heavy (non-hydrogen) atoms. The third-order valence-corrected chi connectivity index (χ3v) is 6.42. The molecule has 0 bridgehead atoms. The summed E-state index contributed by atoms with van der Waals surface area (Å²) < 4.78 is 7.19. The number of hydrogen-bond donors (Lipinski definition) is 1. The molecular formula is C20H23N3O3S2. The van der Waals surface area contributed by atoms with Crippen molar-refractivity contribution in [1.29, 1.82) is 0 Å². The highest BCUT2D eigenvalue weighted by Crippen LogP contribution is 2.28. The van der Waals surface area contributed by atoms with Gasteiger partial charge in [-0.1, -0.05) is 30.0 Å². The van der Waals surface area contributed by atoms with E-state index in [1.165, 1.54) is 23.1 Å². The number of rotatable bonds is 8. The van der Waals surface area contributed by atoms with Gasteiger partial charge in [-0.15, -0.1) is 11.3 Å². The minimum absolute atomic E-state index is 0.0338. The van der Waals surface area contributed by atoms with Crippen molar-refractivity contribution in [3.8, 4) is 5.75 Å². The molecule has 8 heteroatoms. The Labute approximate surface area is 171 Å². The van der Waals surface area contributed by atoms with Crippen LogP contribution in [0.2, 0.25) is 0 Å². The molecule has 0 saturated heterocycles. The Morgan fingerprint density at radius 3 is 2.75 bits per heavy atom. The maximum Gasteiger partial charge on any atom is 0.263 e. The molecule has 0 aliphatic heterocycles. The highest BCUT2D eigenvalue weighted by molar-refractivity contribution is 7.99. The Balaban J connectivity index is 1.58. The van der Waals surface area contributed by atoms with E-state index in [0.29, 0.717) is 30.2 Å². The molecular weight excluding hydrogens is 394 g/mol. The van der Waals surface area contributed by atoms with Gasteiger partial charge in [0, 0.05) is 11.4 Å². The van der Waals surface area contributed by atoms with Gasteiger partial charge in [0.15, 0.2) is 5.16 Å². The lowest BCUT2D eigenvalue weighted by Gasteiger charge is -2.10. The molecule has 1 amide bonds. The summed E-state index contributed by atoms with van der Waals surface area (Å²) in [5, 5.41) is 4.10. The van der Waals surface area contributed by atoms with Gasteiger partial charge in [0.1, 0.15) is 17.2 Å². The first kappa shape index (κ1) is 20.4. The number of para-hydroxylation sites is 1. The van der Waals surface area contributed by atoms with Crippen molar-refractivity contribution < 1.29 is 9.53 Å². The lowest BCUT2D eigenvalue weighted by molar-refractivity contribution is -0.118. The number of hydrogen-bond acceptors (Lipinski definition) is 6. The number of thiophene rings is 1. The number of nitrogens with one attached hydrogen (secondary N) is 1. The fourth-order valence-electron chi connectivity index (χ4n) is 2.75. The molecule has 0 spiro atoms. The highest BCUT2D eigenvalue weighted by atomic mass is 32.2. The van der Waals surface area contributed by atoms with Gasteiger partial charge in [-0.05, 0) is 38.5 Å². The maximum absolute atomic E-state index is 12.8. The Hall–Kier alpha value is -2.32. The third-order valence-electron chi connectivity index (χ3n) is 4.34. The van der Waals surface area contributed by atoms with E-state index in [1.807, 2.05) is 51.1 Å². The number of aryl methyl sites for hydroxylation is 2. The molecule has 3 aromatic rings. The van der Waals surface area contributed by atoms with Crippen molar-refractivity contribution in [3.05, 3.63) is 51.1 Å². The SMILES string of the molecule is CCn1c(SCC(=O)NCCOc2ccccc2)nc2sc(C)c(C)c2c1=O. The van der Waals surface area contributed by atoms with Crippen molar-refractivity contribution in [2.45, 2.75) is 32.5 Å². The lowest BCUT2D eigenvalue weighted by Crippen LogP contribution is -2.30. The van der Waals surface area contributed by atoms with E-state index in [9.17, 15) is 9.59 Å². The lowest BCUT2D eigenvalue weighted by atomic mass is 10.2. The average molecular weight is 418 g/mol. The third kappa shape index (κ3) is 4.56. The van der Waals surface area contributed by atoms with Gasteiger partial charge in [0.05, 0.1) is 17.7 Å². The van der Waals surface area contributed by atoms with Crippen LogP contribution in [0.5, 0.6) is 5.75 Å². The summed E-state index contributed by atoms with van der Waals surface area (Å²) in [7, 11) is 0. The van der Waals surface area contributed by atoms with Crippen LogP contribution in [0.3, 0.4) is 0 Å². The summed E-state index contributed by atoms with van der Waals surface area (Å²) in [6.45, 7) is 7.20. The topological polar surface area (TPSA) is 73.2 Å². The Morgan fingerprint density at radius 1 is 1.29 bits per heavy atom. The van der Waals surface area contributed by atoms with E-state index in [1.54, 1.807) is 4.57 Å². The normalized spacial score (nSPS) is 11.0. The number of ether oxygens (including phenoxy) is 1. The molecule has 0 aliphatic carbocycles. The Bertz CT molecular complexity index is 1030. The molecule has 2 aromatic heterocycles. The van der Waals surface area contributed by atoms with Crippen LogP contribution in [0.1, 0.15) is 17.4 Å². The number of carbonyl (C=O) groups is 1. The molecule has 0 fully saturated rings. The molecule has 0 unspecified atom stereocenters. The minimum atomic E-state index is -0.114. The molecule has 2 heterocycles. The van der Waals surface area contributed by atoms with Gasteiger partial charge >= 0.3 is 0 Å². The number of fused-ring (bicyclic) bond motifs is 1. The fourth-order valence-corrected chi connectivity index (χ4v) is 4.72. The van der Waals surface area contributed by atoms with Crippen LogP contribution in [-0.2, 0) is 11.3 Å². The predicted octanol–water partition coefficient (Wildman–Crippen LogP) is 3.38. The number of carbonyl (C=O) groups excluding carboxylic acids is 1. The summed E-state index contributed by atoms with van der Waals surface area (Å²) in [5.74, 6) is 0.862. The fraction of sp³-hybridized carbons (Fsp3) is 0.350. The predicted molar refractivity (Wildman–Crippen MR) is 115 cm³/mol. The van der Waals surface area contributed by atoms with Gasteiger partial charge in [0.25, 0.3) is 5.56 Å². The van der Waals surface area contributed by atoms with E-state index < -0.39 is 0 Å². The summed E-state index contributed by atoms with van der Waals surface area (Å²) in [5.41, 5.74) is 0.959. The van der Waals surface area contributed by atoms with Crippen molar-refractivity contribution in [3.63, 3.8) is 0 Å². The molecule has 3 rings (SSSR count). The van der Waals surface area contributed by atoms with Crippen LogP contribution in [0.4, 0.5) is 0 Å². The number of thioether (sulfide) groups is 1. The second-order valence-electron chi connectivity index (χ2n) is 6.21.